The largest absolute Gasteiger partial charge is 0.445 e. The average molecular weight is 132 g/mol. The van der Waals surface area contributed by atoms with Crippen molar-refractivity contribution in [2.75, 3.05) is 7.11 Å². The van der Waals surface area contributed by atoms with Gasteiger partial charge in [-0.15, -0.1) is 0 Å². The van der Waals surface area contributed by atoms with Gasteiger partial charge in [0.2, 0.25) is 0 Å². The van der Waals surface area contributed by atoms with Gasteiger partial charge in [0, 0.05) is 7.11 Å². The molecule has 0 aromatic heterocycles. The molecule has 0 aliphatic carbocycles. The summed E-state index contributed by atoms with van der Waals surface area (Å²) in [5.74, 6) is 0. The Morgan fingerprint density at radius 3 is 1.75 bits per heavy atom. The first-order valence-corrected chi connectivity index (χ1v) is 1.72. The molecule has 1 unspecified atom stereocenters. The summed E-state index contributed by atoms with van der Waals surface area (Å²) in [6.45, 7) is 0. The van der Waals surface area contributed by atoms with E-state index in [1.54, 1.807) is 0 Å². The molecule has 0 aliphatic heterocycles. The number of halogens is 4. The second-order valence-corrected chi connectivity index (χ2v) is 1.09. The van der Waals surface area contributed by atoms with E-state index < -0.39 is 12.5 Å². The van der Waals surface area contributed by atoms with Crippen LogP contribution in [0, 0.1) is 0 Å². The van der Waals surface area contributed by atoms with Crippen molar-refractivity contribution in [1.82, 2.24) is 0 Å². The molecule has 0 fully saturated rings. The Morgan fingerprint density at radius 2 is 1.75 bits per heavy atom. The van der Waals surface area contributed by atoms with Crippen LogP contribution in [0.5, 0.6) is 0 Å². The lowest BCUT2D eigenvalue weighted by molar-refractivity contribution is -0.256. The first-order chi connectivity index (χ1) is 3.48. The highest BCUT2D eigenvalue weighted by Crippen LogP contribution is 2.22. The molecule has 1 atom stereocenters. The Kier molecular flexibility index (Phi) is 2.21. The molecule has 0 aromatic rings. The van der Waals surface area contributed by atoms with Crippen LogP contribution in [-0.2, 0) is 4.74 Å². The Hall–Kier alpha value is -0.320. The predicted molar refractivity (Wildman–Crippen MR) is 18.0 cm³/mol. The monoisotopic (exact) mass is 132 g/mol. The Labute approximate surface area is 43.2 Å². The molecule has 0 amide bonds. The smallest absolute Gasteiger partial charge is 0.345 e. The molecule has 0 heterocycles. The van der Waals surface area contributed by atoms with Crippen LogP contribution in [0.2, 0.25) is 0 Å². The van der Waals surface area contributed by atoms with E-state index in [0.29, 0.717) is 7.11 Å². The fourth-order valence-corrected chi connectivity index (χ4v) is 0.134. The van der Waals surface area contributed by atoms with Gasteiger partial charge in [0.15, 0.2) is 0 Å². The Morgan fingerprint density at radius 1 is 1.38 bits per heavy atom. The third kappa shape index (κ3) is 2.11. The molecule has 0 radical (unpaired) electrons. The molecule has 0 aromatic carbocycles. The fraction of sp³-hybridized carbons (Fsp3) is 1.00. The van der Waals surface area contributed by atoms with Crippen LogP contribution in [-0.4, -0.2) is 19.6 Å². The number of ether oxygens (including phenoxy) is 1. The lowest BCUT2D eigenvalue weighted by Gasteiger charge is -2.08. The molecule has 0 bridgehead atoms. The number of alkyl halides is 4. The minimum absolute atomic E-state index is 0.651. The van der Waals surface area contributed by atoms with E-state index in [1.807, 2.05) is 0 Å². The van der Waals surface area contributed by atoms with E-state index in [9.17, 15) is 17.6 Å². The maximum absolute atomic E-state index is 11.3. The van der Waals surface area contributed by atoms with E-state index in [-0.39, 0.29) is 0 Å². The highest BCUT2D eigenvalue weighted by Gasteiger charge is 2.40. The van der Waals surface area contributed by atoms with Crippen molar-refractivity contribution in [2.24, 2.45) is 0 Å². The molecule has 0 aliphatic rings. The number of hydrogen-bond acceptors (Lipinski definition) is 1. The van der Waals surface area contributed by atoms with Crippen molar-refractivity contribution in [3.63, 3.8) is 0 Å². The number of rotatable bonds is 1. The first kappa shape index (κ1) is 7.68. The molecule has 50 valence electrons. The van der Waals surface area contributed by atoms with Crippen LogP contribution in [0.4, 0.5) is 17.6 Å². The van der Waals surface area contributed by atoms with Gasteiger partial charge in [-0.05, 0) is 0 Å². The summed E-state index contributed by atoms with van der Waals surface area (Å²) in [5, 5.41) is 0. The van der Waals surface area contributed by atoms with E-state index in [2.05, 4.69) is 4.74 Å². The fourth-order valence-electron chi connectivity index (χ4n) is 0.134. The van der Waals surface area contributed by atoms with Crippen LogP contribution < -0.4 is 0 Å². The van der Waals surface area contributed by atoms with Gasteiger partial charge in [0.05, 0.1) is 0 Å². The SMILES string of the molecule is COC(F)C(F)(F)F. The average Bonchev–Trinajstić information content (AvgIpc) is 1.62. The van der Waals surface area contributed by atoms with Gasteiger partial charge in [-0.2, -0.15) is 13.2 Å². The first-order valence-electron chi connectivity index (χ1n) is 1.72. The van der Waals surface area contributed by atoms with Crippen LogP contribution >= 0.6 is 0 Å². The lowest BCUT2D eigenvalue weighted by Crippen LogP contribution is -2.25. The number of methoxy groups -OCH3 is 1. The minimum Gasteiger partial charge on any atom is -0.345 e. The summed E-state index contributed by atoms with van der Waals surface area (Å²) in [4.78, 5) is 0. The van der Waals surface area contributed by atoms with Crippen molar-refractivity contribution in [2.45, 2.75) is 12.5 Å². The summed E-state index contributed by atoms with van der Waals surface area (Å²) in [6.07, 6.45) is -8.03. The van der Waals surface area contributed by atoms with Gasteiger partial charge in [-0.25, -0.2) is 4.39 Å². The van der Waals surface area contributed by atoms with Gasteiger partial charge < -0.3 is 4.74 Å². The molecule has 5 heteroatoms. The van der Waals surface area contributed by atoms with Crippen molar-refractivity contribution >= 4 is 0 Å². The maximum Gasteiger partial charge on any atom is 0.445 e. The summed E-state index contributed by atoms with van der Waals surface area (Å²) >= 11 is 0. The molecule has 0 rings (SSSR count). The molecule has 8 heavy (non-hydrogen) atoms. The van der Waals surface area contributed by atoms with Crippen molar-refractivity contribution < 1.29 is 22.3 Å². The molecule has 0 spiro atoms. The van der Waals surface area contributed by atoms with Gasteiger partial charge in [-0.3, -0.25) is 0 Å². The van der Waals surface area contributed by atoms with Gasteiger partial charge >= 0.3 is 6.18 Å². The Bertz CT molecular complexity index is 68.2. The van der Waals surface area contributed by atoms with E-state index in [0.717, 1.165) is 0 Å². The Balaban J connectivity index is 3.62. The molecule has 0 saturated carbocycles. The van der Waals surface area contributed by atoms with E-state index in [1.165, 1.54) is 0 Å². The second-order valence-electron chi connectivity index (χ2n) is 1.09. The summed E-state index contributed by atoms with van der Waals surface area (Å²) in [5.41, 5.74) is 0. The van der Waals surface area contributed by atoms with Crippen LogP contribution in [0.25, 0.3) is 0 Å². The van der Waals surface area contributed by atoms with Crippen molar-refractivity contribution in [3.05, 3.63) is 0 Å². The minimum atomic E-state index is -4.88. The van der Waals surface area contributed by atoms with Crippen LogP contribution in [0.15, 0.2) is 0 Å². The van der Waals surface area contributed by atoms with Crippen LogP contribution in [0.3, 0.4) is 0 Å². The molecule has 0 saturated heterocycles. The molecular formula is C3H4F4O. The number of hydrogen-bond donors (Lipinski definition) is 0. The summed E-state index contributed by atoms with van der Waals surface area (Å²) in [7, 11) is 0.651. The van der Waals surface area contributed by atoms with E-state index >= 15 is 0 Å². The van der Waals surface area contributed by atoms with E-state index in [4.69, 9.17) is 0 Å². The molecule has 0 N–H and O–H groups in total. The molecular weight excluding hydrogens is 128 g/mol. The zero-order valence-corrected chi connectivity index (χ0v) is 4.00. The van der Waals surface area contributed by atoms with Crippen molar-refractivity contribution in [3.8, 4) is 0 Å². The zero-order valence-electron chi connectivity index (χ0n) is 4.00. The second kappa shape index (κ2) is 2.30. The third-order valence-corrected chi connectivity index (χ3v) is 0.464. The highest BCUT2D eigenvalue weighted by atomic mass is 19.4. The zero-order chi connectivity index (χ0) is 6.78. The van der Waals surface area contributed by atoms with Gasteiger partial charge in [0.25, 0.3) is 6.36 Å². The normalized spacial score (nSPS) is 16.1. The summed E-state index contributed by atoms with van der Waals surface area (Å²) in [6, 6.07) is 0. The molecule has 1 nitrogen and oxygen atoms in total. The topological polar surface area (TPSA) is 9.23 Å². The standard InChI is InChI=1S/C3H4F4O/c1-8-2(4)3(5,6)7/h2H,1H3. The highest BCUT2D eigenvalue weighted by molar-refractivity contribution is 4.51. The predicted octanol–water partition coefficient (Wildman–Crippen LogP) is 1.49. The summed E-state index contributed by atoms with van der Waals surface area (Å²) < 4.78 is 47.5. The third-order valence-electron chi connectivity index (χ3n) is 0.464. The van der Waals surface area contributed by atoms with Crippen molar-refractivity contribution in [1.29, 1.82) is 0 Å². The quantitative estimate of drug-likeness (QED) is 0.491. The lowest BCUT2D eigenvalue weighted by atomic mass is 10.7. The van der Waals surface area contributed by atoms with Gasteiger partial charge in [-0.1, -0.05) is 0 Å². The maximum atomic E-state index is 11.3. The van der Waals surface area contributed by atoms with Crippen LogP contribution in [0.1, 0.15) is 0 Å². The van der Waals surface area contributed by atoms with Gasteiger partial charge in [0.1, 0.15) is 0 Å².